The second-order valence-electron chi connectivity index (χ2n) is 3.49. The fraction of sp³-hybridized carbons (Fsp3) is 0.400. The Morgan fingerprint density at radius 3 is 2.75 bits per heavy atom. The normalized spacial score (nSPS) is 11.6. The second kappa shape index (κ2) is 5.07. The van der Waals surface area contributed by atoms with Crippen LogP contribution >= 0.6 is 0 Å². The van der Waals surface area contributed by atoms with Crippen molar-refractivity contribution in [1.82, 2.24) is 10.2 Å². The van der Waals surface area contributed by atoms with E-state index in [0.717, 1.165) is 0 Å². The van der Waals surface area contributed by atoms with Gasteiger partial charge in [0.2, 0.25) is 0 Å². The zero-order valence-corrected chi connectivity index (χ0v) is 9.08. The number of hydrogen-bond acceptors (Lipinski definition) is 5. The molecule has 0 saturated carbocycles. The Morgan fingerprint density at radius 1 is 1.62 bits per heavy atom. The summed E-state index contributed by atoms with van der Waals surface area (Å²) in [6.07, 6.45) is 0. The van der Waals surface area contributed by atoms with Gasteiger partial charge in [-0.1, -0.05) is 0 Å². The van der Waals surface area contributed by atoms with Crippen LogP contribution in [0.1, 0.15) is 17.4 Å². The molecule has 1 N–H and O–H groups in total. The molecule has 1 atom stereocenters. The number of carboxylic acids is 1. The van der Waals surface area contributed by atoms with Gasteiger partial charge in [-0.3, -0.25) is 0 Å². The van der Waals surface area contributed by atoms with Gasteiger partial charge >= 0.3 is 5.97 Å². The van der Waals surface area contributed by atoms with Gasteiger partial charge in [0.1, 0.15) is 0 Å². The maximum absolute atomic E-state index is 10.5. The van der Waals surface area contributed by atoms with Gasteiger partial charge in [0.05, 0.1) is 12.0 Å². The second-order valence-corrected chi connectivity index (χ2v) is 3.49. The first-order valence-corrected chi connectivity index (χ1v) is 4.72. The van der Waals surface area contributed by atoms with E-state index in [0.29, 0.717) is 12.4 Å². The van der Waals surface area contributed by atoms with Gasteiger partial charge < -0.3 is 10.0 Å². The molecule has 1 heterocycles. The minimum Gasteiger partial charge on any atom is -0.476 e. The number of carbonyl (C=O) groups is 1. The van der Waals surface area contributed by atoms with Crippen molar-refractivity contribution in [3.63, 3.8) is 0 Å². The van der Waals surface area contributed by atoms with Crippen LogP contribution in [0, 0.1) is 17.2 Å². The smallest absolute Gasteiger partial charge is 0.356 e. The molecule has 6 heteroatoms. The van der Waals surface area contributed by atoms with Gasteiger partial charge in [-0.2, -0.15) is 5.26 Å². The summed E-state index contributed by atoms with van der Waals surface area (Å²) in [5.74, 6) is -0.676. The summed E-state index contributed by atoms with van der Waals surface area (Å²) in [7, 11) is 1.78. The molecule has 0 aromatic carbocycles. The predicted molar refractivity (Wildman–Crippen MR) is 57.0 cm³/mol. The fourth-order valence-corrected chi connectivity index (χ4v) is 1.19. The molecular weight excluding hydrogens is 208 g/mol. The van der Waals surface area contributed by atoms with Gasteiger partial charge in [-0.25, -0.2) is 4.79 Å². The average molecular weight is 220 g/mol. The summed E-state index contributed by atoms with van der Waals surface area (Å²) < 4.78 is 0. The van der Waals surface area contributed by atoms with Gasteiger partial charge in [0, 0.05) is 13.6 Å². The zero-order chi connectivity index (χ0) is 12.1. The van der Waals surface area contributed by atoms with Crippen LogP contribution in [0.15, 0.2) is 12.1 Å². The van der Waals surface area contributed by atoms with E-state index in [1.165, 1.54) is 6.07 Å². The summed E-state index contributed by atoms with van der Waals surface area (Å²) in [5.41, 5.74) is -0.0921. The Bertz CT molecular complexity index is 410. The molecule has 0 aliphatic rings. The molecular formula is C10H12N4O2. The van der Waals surface area contributed by atoms with Crippen LogP contribution in [-0.2, 0) is 0 Å². The van der Waals surface area contributed by atoms with Crippen LogP contribution in [0.3, 0.4) is 0 Å². The predicted octanol–water partition coefficient (Wildman–Crippen LogP) is 0.771. The third-order valence-corrected chi connectivity index (χ3v) is 2.03. The Balaban J connectivity index is 2.74. The molecule has 0 aliphatic heterocycles. The summed E-state index contributed by atoms with van der Waals surface area (Å²) in [4.78, 5) is 12.3. The van der Waals surface area contributed by atoms with E-state index in [1.807, 2.05) is 0 Å². The Kier molecular flexibility index (Phi) is 3.78. The number of aromatic nitrogens is 2. The standard InChI is InChI=1S/C10H12N4O2/c1-7(5-11)6-14(2)9-4-3-8(10(15)16)12-13-9/h3-4,7H,6H2,1-2H3,(H,15,16). The Hall–Kier alpha value is -2.16. The monoisotopic (exact) mass is 220 g/mol. The zero-order valence-electron chi connectivity index (χ0n) is 9.08. The van der Waals surface area contributed by atoms with Gasteiger partial charge in [-0.05, 0) is 19.1 Å². The van der Waals surface area contributed by atoms with Crippen LogP contribution in [-0.4, -0.2) is 34.9 Å². The molecule has 0 amide bonds. The highest BCUT2D eigenvalue weighted by Gasteiger charge is 2.10. The van der Waals surface area contributed by atoms with E-state index in [9.17, 15) is 4.79 Å². The molecule has 0 aliphatic carbocycles. The van der Waals surface area contributed by atoms with Crippen molar-refractivity contribution in [3.8, 4) is 6.07 Å². The summed E-state index contributed by atoms with van der Waals surface area (Å²) in [6, 6.07) is 5.07. The van der Waals surface area contributed by atoms with Gasteiger partial charge in [0.15, 0.2) is 11.5 Å². The Labute approximate surface area is 93.1 Å². The highest BCUT2D eigenvalue weighted by molar-refractivity contribution is 5.85. The molecule has 0 fully saturated rings. The SMILES string of the molecule is CC(C#N)CN(C)c1ccc(C(=O)O)nn1. The molecule has 1 aromatic heterocycles. The number of nitrogens with zero attached hydrogens (tertiary/aromatic N) is 4. The first-order valence-electron chi connectivity index (χ1n) is 4.72. The van der Waals surface area contributed by atoms with Crippen molar-refractivity contribution in [3.05, 3.63) is 17.8 Å². The molecule has 0 spiro atoms. The minimum absolute atomic E-state index is 0.0921. The first kappa shape index (κ1) is 11.9. The molecule has 1 rings (SSSR count). The summed E-state index contributed by atoms with van der Waals surface area (Å²) in [6.45, 7) is 2.33. The highest BCUT2D eigenvalue weighted by atomic mass is 16.4. The van der Waals surface area contributed by atoms with E-state index in [2.05, 4.69) is 16.3 Å². The number of anilines is 1. The lowest BCUT2D eigenvalue weighted by Crippen LogP contribution is -2.24. The van der Waals surface area contributed by atoms with E-state index in [-0.39, 0.29) is 11.6 Å². The number of aromatic carboxylic acids is 1. The largest absolute Gasteiger partial charge is 0.476 e. The lowest BCUT2D eigenvalue weighted by Gasteiger charge is -2.18. The van der Waals surface area contributed by atoms with Crippen molar-refractivity contribution < 1.29 is 9.90 Å². The average Bonchev–Trinajstić information content (AvgIpc) is 2.28. The third-order valence-electron chi connectivity index (χ3n) is 2.03. The molecule has 1 unspecified atom stereocenters. The minimum atomic E-state index is -1.10. The van der Waals surface area contributed by atoms with Crippen LogP contribution in [0.4, 0.5) is 5.82 Å². The summed E-state index contributed by atoms with van der Waals surface area (Å²) in [5, 5.41) is 24.6. The lowest BCUT2D eigenvalue weighted by atomic mass is 10.2. The van der Waals surface area contributed by atoms with E-state index in [1.54, 1.807) is 24.9 Å². The van der Waals surface area contributed by atoms with Crippen molar-refractivity contribution in [2.24, 2.45) is 5.92 Å². The quantitative estimate of drug-likeness (QED) is 0.806. The van der Waals surface area contributed by atoms with Crippen LogP contribution < -0.4 is 4.90 Å². The number of nitriles is 1. The van der Waals surface area contributed by atoms with E-state index in [4.69, 9.17) is 10.4 Å². The van der Waals surface area contributed by atoms with Crippen molar-refractivity contribution in [1.29, 1.82) is 5.26 Å². The van der Waals surface area contributed by atoms with Crippen molar-refractivity contribution in [2.45, 2.75) is 6.92 Å². The molecule has 84 valence electrons. The van der Waals surface area contributed by atoms with Crippen LogP contribution in [0.25, 0.3) is 0 Å². The topological polar surface area (TPSA) is 90.1 Å². The molecule has 0 bridgehead atoms. The molecule has 1 aromatic rings. The third kappa shape index (κ3) is 2.92. The number of hydrogen-bond donors (Lipinski definition) is 1. The molecule has 16 heavy (non-hydrogen) atoms. The van der Waals surface area contributed by atoms with Crippen LogP contribution in [0.5, 0.6) is 0 Å². The molecule has 0 saturated heterocycles. The maximum Gasteiger partial charge on any atom is 0.356 e. The van der Waals surface area contributed by atoms with Gasteiger partial charge in [0.25, 0.3) is 0 Å². The number of rotatable bonds is 4. The van der Waals surface area contributed by atoms with E-state index >= 15 is 0 Å². The maximum atomic E-state index is 10.5. The van der Waals surface area contributed by atoms with Crippen LogP contribution in [0.2, 0.25) is 0 Å². The fourth-order valence-electron chi connectivity index (χ4n) is 1.19. The van der Waals surface area contributed by atoms with E-state index < -0.39 is 5.97 Å². The van der Waals surface area contributed by atoms with Crippen molar-refractivity contribution >= 4 is 11.8 Å². The Morgan fingerprint density at radius 2 is 2.31 bits per heavy atom. The molecule has 0 radical (unpaired) electrons. The first-order chi connectivity index (χ1) is 7.54. The lowest BCUT2D eigenvalue weighted by molar-refractivity contribution is 0.0689. The van der Waals surface area contributed by atoms with Gasteiger partial charge in [-0.15, -0.1) is 10.2 Å². The molecule has 6 nitrogen and oxygen atoms in total. The summed E-state index contributed by atoms with van der Waals surface area (Å²) >= 11 is 0. The highest BCUT2D eigenvalue weighted by Crippen LogP contribution is 2.09. The number of carboxylic acid groups (broad SMARTS) is 1. The van der Waals surface area contributed by atoms with Crippen molar-refractivity contribution in [2.75, 3.05) is 18.5 Å².